The minimum Gasteiger partial charge on any atom is -0.394 e. The van der Waals surface area contributed by atoms with Gasteiger partial charge in [0, 0.05) is 24.3 Å². The lowest BCUT2D eigenvalue weighted by Gasteiger charge is -2.31. The first-order chi connectivity index (χ1) is 7.33. The SMILES string of the molecule is CCCO[Si](OCCC)(C1CC1)C1CC1. The van der Waals surface area contributed by atoms with Crippen molar-refractivity contribution in [1.29, 1.82) is 0 Å². The maximum absolute atomic E-state index is 6.25. The topological polar surface area (TPSA) is 18.5 Å². The number of hydrogen-bond donors (Lipinski definition) is 0. The van der Waals surface area contributed by atoms with Crippen molar-refractivity contribution in [3.63, 3.8) is 0 Å². The van der Waals surface area contributed by atoms with E-state index in [2.05, 4.69) is 13.8 Å². The highest BCUT2D eigenvalue weighted by molar-refractivity contribution is 6.72. The average molecular weight is 228 g/mol. The summed E-state index contributed by atoms with van der Waals surface area (Å²) in [4.78, 5) is 0. The van der Waals surface area contributed by atoms with Crippen molar-refractivity contribution >= 4 is 8.56 Å². The zero-order chi connectivity index (χ0) is 10.7. The third kappa shape index (κ3) is 2.63. The minimum absolute atomic E-state index is 0.836. The quantitative estimate of drug-likeness (QED) is 0.591. The van der Waals surface area contributed by atoms with Crippen LogP contribution < -0.4 is 0 Å². The first-order valence-electron chi connectivity index (χ1n) is 6.61. The smallest absolute Gasteiger partial charge is 0.344 e. The fourth-order valence-corrected chi connectivity index (χ4v) is 7.02. The molecule has 88 valence electrons. The Hall–Kier alpha value is 0.137. The van der Waals surface area contributed by atoms with Gasteiger partial charge in [-0.05, 0) is 38.5 Å². The molecule has 2 nitrogen and oxygen atoms in total. The molecule has 0 saturated heterocycles. The van der Waals surface area contributed by atoms with Gasteiger partial charge in [0.2, 0.25) is 0 Å². The minimum atomic E-state index is -1.77. The molecule has 0 spiro atoms. The summed E-state index contributed by atoms with van der Waals surface area (Å²) in [5, 5.41) is 0. The summed E-state index contributed by atoms with van der Waals surface area (Å²) in [7, 11) is -1.77. The lowest BCUT2D eigenvalue weighted by Crippen LogP contribution is -2.44. The molecule has 0 bridgehead atoms. The third-order valence-corrected chi connectivity index (χ3v) is 8.10. The van der Waals surface area contributed by atoms with Crippen LogP contribution in [-0.4, -0.2) is 21.8 Å². The Morgan fingerprint density at radius 1 is 0.867 bits per heavy atom. The Bertz CT molecular complexity index is 178. The van der Waals surface area contributed by atoms with E-state index in [0.29, 0.717) is 0 Å². The van der Waals surface area contributed by atoms with E-state index in [-0.39, 0.29) is 0 Å². The summed E-state index contributed by atoms with van der Waals surface area (Å²) < 4.78 is 12.5. The fraction of sp³-hybridized carbons (Fsp3) is 1.00. The van der Waals surface area contributed by atoms with Gasteiger partial charge in [0.25, 0.3) is 0 Å². The molecule has 0 heterocycles. The lowest BCUT2D eigenvalue weighted by atomic mass is 10.5. The molecule has 0 unspecified atom stereocenters. The van der Waals surface area contributed by atoms with Gasteiger partial charge in [-0.25, -0.2) is 0 Å². The van der Waals surface area contributed by atoms with Crippen LogP contribution in [0, 0.1) is 0 Å². The molecule has 0 atom stereocenters. The van der Waals surface area contributed by atoms with Crippen LogP contribution in [0.2, 0.25) is 11.1 Å². The van der Waals surface area contributed by atoms with Gasteiger partial charge in [-0.2, -0.15) is 0 Å². The zero-order valence-electron chi connectivity index (χ0n) is 10.1. The lowest BCUT2D eigenvalue weighted by molar-refractivity contribution is 0.163. The van der Waals surface area contributed by atoms with Gasteiger partial charge in [-0.1, -0.05) is 13.8 Å². The van der Waals surface area contributed by atoms with Gasteiger partial charge in [-0.3, -0.25) is 0 Å². The molecule has 0 amide bonds. The summed E-state index contributed by atoms with van der Waals surface area (Å²) in [6.07, 6.45) is 7.74. The fourth-order valence-electron chi connectivity index (χ4n) is 2.34. The summed E-state index contributed by atoms with van der Waals surface area (Å²) in [6, 6.07) is 0. The van der Waals surface area contributed by atoms with E-state index in [1.165, 1.54) is 25.7 Å². The largest absolute Gasteiger partial charge is 0.394 e. The van der Waals surface area contributed by atoms with Gasteiger partial charge in [-0.15, -0.1) is 0 Å². The second-order valence-electron chi connectivity index (χ2n) is 4.97. The van der Waals surface area contributed by atoms with Crippen molar-refractivity contribution < 1.29 is 8.85 Å². The molecule has 15 heavy (non-hydrogen) atoms. The first-order valence-corrected chi connectivity index (χ1v) is 8.58. The predicted molar refractivity (Wildman–Crippen MR) is 64.2 cm³/mol. The van der Waals surface area contributed by atoms with Crippen LogP contribution in [-0.2, 0) is 8.85 Å². The standard InChI is InChI=1S/C12H24O2Si/c1-3-9-13-15(11-5-6-11,12-7-8-12)14-10-4-2/h11-12H,3-10H2,1-2H3. The van der Waals surface area contributed by atoms with Crippen molar-refractivity contribution in [3.8, 4) is 0 Å². The van der Waals surface area contributed by atoms with Crippen LogP contribution in [0.15, 0.2) is 0 Å². The van der Waals surface area contributed by atoms with E-state index < -0.39 is 8.56 Å². The normalized spacial score (nSPS) is 22.0. The molecule has 2 aliphatic carbocycles. The zero-order valence-corrected chi connectivity index (χ0v) is 11.1. The highest BCUT2D eigenvalue weighted by Crippen LogP contribution is 2.59. The van der Waals surface area contributed by atoms with Crippen molar-refractivity contribution in [2.75, 3.05) is 13.2 Å². The second-order valence-corrected chi connectivity index (χ2v) is 8.62. The van der Waals surface area contributed by atoms with Gasteiger partial charge < -0.3 is 8.85 Å². The molecular formula is C12H24O2Si. The molecule has 2 aliphatic rings. The van der Waals surface area contributed by atoms with Crippen LogP contribution >= 0.6 is 0 Å². The molecule has 2 rings (SSSR count). The van der Waals surface area contributed by atoms with Gasteiger partial charge in [0.15, 0.2) is 0 Å². The molecule has 0 radical (unpaired) electrons. The second kappa shape index (κ2) is 4.98. The van der Waals surface area contributed by atoms with Crippen LogP contribution in [0.3, 0.4) is 0 Å². The Labute approximate surface area is 94.6 Å². The van der Waals surface area contributed by atoms with E-state index in [9.17, 15) is 0 Å². The van der Waals surface area contributed by atoms with Crippen LogP contribution in [0.25, 0.3) is 0 Å². The maximum Gasteiger partial charge on any atom is 0.344 e. The van der Waals surface area contributed by atoms with Gasteiger partial charge in [0.05, 0.1) is 0 Å². The molecular weight excluding hydrogens is 204 g/mol. The van der Waals surface area contributed by atoms with Gasteiger partial charge >= 0.3 is 8.56 Å². The molecule has 0 aromatic carbocycles. The highest BCUT2D eigenvalue weighted by atomic mass is 28.4. The van der Waals surface area contributed by atoms with E-state index in [0.717, 1.165) is 37.1 Å². The summed E-state index contributed by atoms with van der Waals surface area (Å²) in [5.74, 6) is 0. The Morgan fingerprint density at radius 2 is 1.27 bits per heavy atom. The van der Waals surface area contributed by atoms with Crippen LogP contribution in [0.4, 0.5) is 0 Å². The Kier molecular flexibility index (Phi) is 3.86. The predicted octanol–water partition coefficient (Wildman–Crippen LogP) is 3.61. The third-order valence-electron chi connectivity index (χ3n) is 3.36. The maximum atomic E-state index is 6.25. The number of hydrogen-bond acceptors (Lipinski definition) is 2. The van der Waals surface area contributed by atoms with E-state index in [1.807, 2.05) is 0 Å². The summed E-state index contributed by atoms with van der Waals surface area (Å²) in [5.41, 5.74) is 1.67. The highest BCUT2D eigenvalue weighted by Gasteiger charge is 2.60. The van der Waals surface area contributed by atoms with E-state index in [1.54, 1.807) is 0 Å². The van der Waals surface area contributed by atoms with Crippen molar-refractivity contribution in [1.82, 2.24) is 0 Å². The first kappa shape index (κ1) is 11.6. The monoisotopic (exact) mass is 228 g/mol. The van der Waals surface area contributed by atoms with Crippen molar-refractivity contribution in [2.24, 2.45) is 0 Å². The molecule has 2 fully saturated rings. The van der Waals surface area contributed by atoms with E-state index in [4.69, 9.17) is 8.85 Å². The summed E-state index contributed by atoms with van der Waals surface area (Å²) >= 11 is 0. The molecule has 0 aromatic heterocycles. The molecule has 0 N–H and O–H groups in total. The Balaban J connectivity index is 1.96. The van der Waals surface area contributed by atoms with E-state index >= 15 is 0 Å². The summed E-state index contributed by atoms with van der Waals surface area (Å²) in [6.45, 7) is 6.23. The average Bonchev–Trinajstić information content (AvgIpc) is 3.07. The van der Waals surface area contributed by atoms with Crippen LogP contribution in [0.5, 0.6) is 0 Å². The molecule has 2 saturated carbocycles. The number of rotatable bonds is 8. The van der Waals surface area contributed by atoms with Gasteiger partial charge in [0.1, 0.15) is 0 Å². The van der Waals surface area contributed by atoms with Crippen LogP contribution in [0.1, 0.15) is 52.4 Å². The molecule has 0 aliphatic heterocycles. The molecule has 3 heteroatoms. The Morgan fingerprint density at radius 3 is 1.53 bits per heavy atom. The van der Waals surface area contributed by atoms with Crippen molar-refractivity contribution in [3.05, 3.63) is 0 Å². The van der Waals surface area contributed by atoms with Crippen molar-refractivity contribution in [2.45, 2.75) is 63.5 Å². The molecule has 0 aromatic rings.